The van der Waals surface area contributed by atoms with Crippen LogP contribution in [0.2, 0.25) is 0 Å². The predicted octanol–water partition coefficient (Wildman–Crippen LogP) is 17.6. The van der Waals surface area contributed by atoms with Gasteiger partial charge in [-0.15, -0.1) is 0 Å². The first-order chi connectivity index (χ1) is 34.7. The van der Waals surface area contributed by atoms with Crippen molar-refractivity contribution in [3.63, 3.8) is 0 Å². The van der Waals surface area contributed by atoms with Crippen molar-refractivity contribution < 1.29 is 8.83 Å². The van der Waals surface area contributed by atoms with E-state index in [9.17, 15) is 0 Å². The van der Waals surface area contributed by atoms with Gasteiger partial charge in [0.1, 0.15) is 22.3 Å². The molecule has 14 rings (SSSR count). The molecule has 0 aliphatic carbocycles. The van der Waals surface area contributed by atoms with Crippen molar-refractivity contribution in [1.29, 1.82) is 0 Å². The molecule has 0 unspecified atom stereocenters. The van der Waals surface area contributed by atoms with Gasteiger partial charge in [-0.1, -0.05) is 194 Å². The van der Waals surface area contributed by atoms with Crippen LogP contribution in [-0.2, 0) is 0 Å². The Morgan fingerprint density at radius 2 is 0.829 bits per heavy atom. The Bertz CT molecular complexity index is 4340. The molecular formula is C65H39N3O2. The molecule has 4 aromatic heterocycles. The Morgan fingerprint density at radius 3 is 1.59 bits per heavy atom. The van der Waals surface area contributed by atoms with Crippen LogP contribution < -0.4 is 0 Å². The number of para-hydroxylation sites is 4. The highest BCUT2D eigenvalue weighted by atomic mass is 16.3. The number of pyridine rings is 1. The second-order valence-corrected chi connectivity index (χ2v) is 17.8. The van der Waals surface area contributed by atoms with Gasteiger partial charge in [-0.25, -0.2) is 15.0 Å². The summed E-state index contributed by atoms with van der Waals surface area (Å²) >= 11 is 0. The van der Waals surface area contributed by atoms with Crippen molar-refractivity contribution in [2.45, 2.75) is 0 Å². The van der Waals surface area contributed by atoms with E-state index in [1.807, 2.05) is 30.3 Å². The fourth-order valence-electron chi connectivity index (χ4n) is 10.4. The monoisotopic (exact) mass is 893 g/mol. The molecule has 0 aliphatic heterocycles. The van der Waals surface area contributed by atoms with Crippen molar-refractivity contribution in [1.82, 2.24) is 15.0 Å². The summed E-state index contributed by atoms with van der Waals surface area (Å²) in [7, 11) is 0. The quantitative estimate of drug-likeness (QED) is 0.149. The minimum Gasteiger partial charge on any atom is -0.456 e. The lowest BCUT2D eigenvalue weighted by Gasteiger charge is -2.16. The van der Waals surface area contributed by atoms with Gasteiger partial charge in [0.05, 0.1) is 22.6 Å². The minimum absolute atomic E-state index is 0.651. The van der Waals surface area contributed by atoms with E-state index in [1.54, 1.807) is 0 Å². The second-order valence-electron chi connectivity index (χ2n) is 17.8. The summed E-state index contributed by atoms with van der Waals surface area (Å²) in [6.45, 7) is 0. The van der Waals surface area contributed by atoms with Crippen molar-refractivity contribution >= 4 is 65.6 Å². The van der Waals surface area contributed by atoms with E-state index in [-0.39, 0.29) is 0 Å². The Morgan fingerprint density at radius 1 is 0.286 bits per heavy atom. The lowest BCUT2D eigenvalue weighted by molar-refractivity contribution is 0.669. The third-order valence-corrected chi connectivity index (χ3v) is 13.7. The van der Waals surface area contributed by atoms with Gasteiger partial charge in [-0.2, -0.15) is 0 Å². The molecule has 0 spiro atoms. The number of furan rings is 2. The maximum absolute atomic E-state index is 6.69. The van der Waals surface area contributed by atoms with Crippen molar-refractivity contribution in [3.05, 3.63) is 237 Å². The first-order valence-corrected chi connectivity index (χ1v) is 23.6. The topological polar surface area (TPSA) is 65.0 Å². The zero-order chi connectivity index (χ0) is 46.1. The Labute approximate surface area is 402 Å². The number of hydrogen-bond acceptors (Lipinski definition) is 5. The van der Waals surface area contributed by atoms with Gasteiger partial charge in [0, 0.05) is 71.1 Å². The van der Waals surface area contributed by atoms with Crippen molar-refractivity contribution in [2.24, 2.45) is 0 Å². The van der Waals surface area contributed by atoms with E-state index in [0.29, 0.717) is 5.82 Å². The van der Waals surface area contributed by atoms with Gasteiger partial charge in [0.15, 0.2) is 5.82 Å². The molecule has 0 bridgehead atoms. The average Bonchev–Trinajstić information content (AvgIpc) is 4.01. The number of benzene rings is 10. The zero-order valence-electron chi connectivity index (χ0n) is 37.7. The fraction of sp³-hybridized carbons (Fsp3) is 0. The van der Waals surface area contributed by atoms with Crippen LogP contribution in [0.4, 0.5) is 0 Å². The third kappa shape index (κ3) is 6.59. The van der Waals surface area contributed by atoms with Crippen LogP contribution >= 0.6 is 0 Å². The van der Waals surface area contributed by atoms with E-state index in [0.717, 1.165) is 138 Å². The molecule has 70 heavy (non-hydrogen) atoms. The van der Waals surface area contributed by atoms with Crippen molar-refractivity contribution in [2.75, 3.05) is 0 Å². The molecule has 0 fully saturated rings. The highest BCUT2D eigenvalue weighted by molar-refractivity contribution is 6.28. The summed E-state index contributed by atoms with van der Waals surface area (Å²) in [6, 6.07) is 82.6. The molecule has 0 aliphatic rings. The normalized spacial score (nSPS) is 11.7. The highest BCUT2D eigenvalue weighted by Crippen LogP contribution is 2.47. The first kappa shape index (κ1) is 39.7. The van der Waals surface area contributed by atoms with E-state index < -0.39 is 0 Å². The summed E-state index contributed by atoms with van der Waals surface area (Å²) in [5.74, 6) is 0.651. The smallest absolute Gasteiger partial charge is 0.160 e. The molecule has 0 amide bonds. The highest BCUT2D eigenvalue weighted by Gasteiger charge is 2.22. The fourth-order valence-corrected chi connectivity index (χ4v) is 10.4. The minimum atomic E-state index is 0.651. The van der Waals surface area contributed by atoms with Crippen LogP contribution in [-0.4, -0.2) is 15.0 Å². The summed E-state index contributed by atoms with van der Waals surface area (Å²) < 4.78 is 13.1. The zero-order valence-corrected chi connectivity index (χ0v) is 37.7. The van der Waals surface area contributed by atoms with E-state index in [4.69, 9.17) is 23.8 Å². The second kappa shape index (κ2) is 16.1. The van der Waals surface area contributed by atoms with E-state index in [1.165, 1.54) is 0 Å². The molecule has 5 heteroatoms. The van der Waals surface area contributed by atoms with Crippen LogP contribution in [0, 0.1) is 0 Å². The number of aromatic nitrogens is 3. The average molecular weight is 894 g/mol. The SMILES string of the molecule is c1ccc(-c2cc(-c3ccc(-c4cccc5c4oc4ccccc45)cc3)nc(-c3cccc(-c4cccc(-c5c6c(cc7c(-c8ccccc8)nc8ccccc8c57)oc5ccccc56)c4)c3)n2)cc1. The van der Waals surface area contributed by atoms with Crippen LogP contribution in [0.25, 0.3) is 144 Å². The number of fused-ring (bicyclic) bond motifs is 9. The van der Waals surface area contributed by atoms with E-state index in [2.05, 4.69) is 206 Å². The van der Waals surface area contributed by atoms with Gasteiger partial charge in [-0.05, 0) is 64.7 Å². The molecule has 0 N–H and O–H groups in total. The Kier molecular flexibility index (Phi) is 9.14. The number of nitrogens with zero attached hydrogens (tertiary/aromatic N) is 3. The maximum atomic E-state index is 6.69. The largest absolute Gasteiger partial charge is 0.456 e. The van der Waals surface area contributed by atoms with Gasteiger partial charge in [-0.3, -0.25) is 0 Å². The molecule has 4 heterocycles. The lowest BCUT2D eigenvalue weighted by atomic mass is 9.88. The van der Waals surface area contributed by atoms with Gasteiger partial charge >= 0.3 is 0 Å². The number of hydrogen-bond donors (Lipinski definition) is 0. The van der Waals surface area contributed by atoms with Gasteiger partial charge in [0.25, 0.3) is 0 Å². The molecule has 14 aromatic rings. The van der Waals surface area contributed by atoms with Crippen LogP contribution in [0.1, 0.15) is 0 Å². The molecule has 10 aromatic carbocycles. The van der Waals surface area contributed by atoms with Crippen LogP contribution in [0.3, 0.4) is 0 Å². The summed E-state index contributed by atoms with van der Waals surface area (Å²) in [5, 5.41) is 7.68. The first-order valence-electron chi connectivity index (χ1n) is 23.6. The third-order valence-electron chi connectivity index (χ3n) is 13.7. The van der Waals surface area contributed by atoms with Crippen LogP contribution in [0.15, 0.2) is 245 Å². The lowest BCUT2D eigenvalue weighted by Crippen LogP contribution is -1.96. The molecule has 0 atom stereocenters. The van der Waals surface area contributed by atoms with Crippen molar-refractivity contribution in [3.8, 4) is 78.5 Å². The molecular weight excluding hydrogens is 855 g/mol. The number of rotatable bonds is 7. The van der Waals surface area contributed by atoms with Crippen LogP contribution in [0.5, 0.6) is 0 Å². The molecule has 0 saturated heterocycles. The van der Waals surface area contributed by atoms with Gasteiger partial charge < -0.3 is 8.83 Å². The molecule has 0 saturated carbocycles. The van der Waals surface area contributed by atoms with E-state index >= 15 is 0 Å². The summed E-state index contributed by atoms with van der Waals surface area (Å²) in [4.78, 5) is 15.8. The molecule has 5 nitrogen and oxygen atoms in total. The molecule has 326 valence electrons. The summed E-state index contributed by atoms with van der Waals surface area (Å²) in [6.07, 6.45) is 0. The Balaban J connectivity index is 0.906. The maximum Gasteiger partial charge on any atom is 0.160 e. The standard InChI is InChI=1S/C65H39N3O2/c1-3-16-41(17-4-1)55-39-56(42-34-32-40(33-35-42)48-27-15-28-50-49-24-8-11-30-57(49)70-64(48)50)68-65(67-55)47-23-14-21-45(37-47)44-20-13-22-46(36-44)60-61-51-25-7-10-29-54(51)66-63(43-18-5-2-6-19-43)53(61)38-59-62(60)52-26-9-12-31-58(52)69-59/h1-39H. The predicted molar refractivity (Wildman–Crippen MR) is 287 cm³/mol. The van der Waals surface area contributed by atoms with Gasteiger partial charge in [0.2, 0.25) is 0 Å². The molecule has 0 radical (unpaired) electrons. The summed E-state index contributed by atoms with van der Waals surface area (Å²) in [5.41, 5.74) is 17.5. The Hall–Kier alpha value is -9.45.